The lowest BCUT2D eigenvalue weighted by Crippen LogP contribution is -2.22. The van der Waals surface area contributed by atoms with E-state index in [2.05, 4.69) is 17.2 Å². The number of hydrogen-bond donors (Lipinski definition) is 1. The van der Waals surface area contributed by atoms with Gasteiger partial charge >= 0.3 is 0 Å². The van der Waals surface area contributed by atoms with Gasteiger partial charge in [-0.15, -0.1) is 11.3 Å². The van der Waals surface area contributed by atoms with E-state index in [-0.39, 0.29) is 12.1 Å². The van der Waals surface area contributed by atoms with Crippen LogP contribution in [0.1, 0.15) is 47.1 Å². The first kappa shape index (κ1) is 15.1. The van der Waals surface area contributed by atoms with E-state index in [1.165, 1.54) is 10.9 Å². The van der Waals surface area contributed by atoms with Gasteiger partial charge in [0.25, 0.3) is 0 Å². The topological polar surface area (TPSA) is 24.9 Å². The largest absolute Gasteiger partial charge is 0.303 e. The summed E-state index contributed by atoms with van der Waals surface area (Å²) in [6.45, 7) is 7.95. The van der Waals surface area contributed by atoms with E-state index in [1.807, 2.05) is 20.8 Å². The molecule has 0 amide bonds. The lowest BCUT2D eigenvalue weighted by molar-refractivity contribution is 0.482. The number of benzene rings is 1. The molecule has 0 spiro atoms. The average molecular weight is 296 g/mol. The van der Waals surface area contributed by atoms with Crippen molar-refractivity contribution in [2.24, 2.45) is 0 Å². The molecular weight excluding hydrogens is 278 g/mol. The Labute approximate surface area is 121 Å². The fourth-order valence-electron chi connectivity index (χ4n) is 2.28. The lowest BCUT2D eigenvalue weighted by Gasteiger charge is -2.20. The quantitative estimate of drug-likeness (QED) is 0.901. The SMILES string of the molecule is Cc1nc(C)c(C(C)NC(C)c2ccc(F)c(F)c2)s1. The molecule has 0 radical (unpaired) electrons. The Kier molecular flexibility index (Phi) is 4.50. The van der Waals surface area contributed by atoms with Gasteiger partial charge in [0, 0.05) is 17.0 Å². The standard InChI is InChI=1S/C15H18F2N2S/c1-8(12-5-6-13(16)14(17)7-12)18-9(2)15-10(3)19-11(4)20-15/h5-9,18H,1-4H3. The summed E-state index contributed by atoms with van der Waals surface area (Å²) in [6, 6.07) is 4.06. The maximum absolute atomic E-state index is 13.3. The van der Waals surface area contributed by atoms with Gasteiger partial charge in [-0.3, -0.25) is 0 Å². The summed E-state index contributed by atoms with van der Waals surface area (Å²) in [7, 11) is 0. The zero-order valence-electron chi connectivity index (χ0n) is 12.0. The summed E-state index contributed by atoms with van der Waals surface area (Å²) in [5, 5.41) is 4.43. The van der Waals surface area contributed by atoms with Gasteiger partial charge in [0.2, 0.25) is 0 Å². The van der Waals surface area contributed by atoms with Crippen molar-refractivity contribution in [3.05, 3.63) is 51.0 Å². The van der Waals surface area contributed by atoms with Gasteiger partial charge in [0.1, 0.15) is 0 Å². The van der Waals surface area contributed by atoms with Crippen molar-refractivity contribution in [2.75, 3.05) is 0 Å². The van der Waals surface area contributed by atoms with Crippen molar-refractivity contribution >= 4 is 11.3 Å². The zero-order valence-corrected chi connectivity index (χ0v) is 12.8. The van der Waals surface area contributed by atoms with Crippen LogP contribution in [0.15, 0.2) is 18.2 Å². The molecule has 2 aromatic rings. The number of halogens is 2. The molecule has 1 aromatic carbocycles. The van der Waals surface area contributed by atoms with Crippen molar-refractivity contribution in [3.8, 4) is 0 Å². The third kappa shape index (κ3) is 3.22. The summed E-state index contributed by atoms with van der Waals surface area (Å²) < 4.78 is 26.2. The van der Waals surface area contributed by atoms with Crippen LogP contribution in [-0.2, 0) is 0 Å². The van der Waals surface area contributed by atoms with E-state index < -0.39 is 11.6 Å². The van der Waals surface area contributed by atoms with Gasteiger partial charge < -0.3 is 5.32 Å². The van der Waals surface area contributed by atoms with Crippen LogP contribution < -0.4 is 5.32 Å². The first-order chi connectivity index (χ1) is 9.38. The lowest BCUT2D eigenvalue weighted by atomic mass is 10.1. The highest BCUT2D eigenvalue weighted by atomic mass is 32.1. The fourth-order valence-corrected chi connectivity index (χ4v) is 3.22. The summed E-state index contributed by atoms with van der Waals surface area (Å²) >= 11 is 1.66. The van der Waals surface area contributed by atoms with E-state index in [4.69, 9.17) is 0 Å². The predicted octanol–water partition coefficient (Wildman–Crippen LogP) is 4.45. The number of thiazole rings is 1. The van der Waals surface area contributed by atoms with E-state index in [0.717, 1.165) is 22.3 Å². The predicted molar refractivity (Wildman–Crippen MR) is 77.9 cm³/mol. The molecule has 2 atom stereocenters. The molecule has 0 aliphatic heterocycles. The number of nitrogens with zero attached hydrogens (tertiary/aromatic N) is 1. The normalized spacial score (nSPS) is 14.3. The molecule has 108 valence electrons. The van der Waals surface area contributed by atoms with Crippen molar-refractivity contribution in [3.63, 3.8) is 0 Å². The molecule has 1 heterocycles. The molecule has 2 unspecified atom stereocenters. The monoisotopic (exact) mass is 296 g/mol. The van der Waals surface area contributed by atoms with Crippen LogP contribution in [0.3, 0.4) is 0 Å². The molecule has 2 nitrogen and oxygen atoms in total. The van der Waals surface area contributed by atoms with E-state index in [9.17, 15) is 8.78 Å². The van der Waals surface area contributed by atoms with Crippen LogP contribution >= 0.6 is 11.3 Å². The summed E-state index contributed by atoms with van der Waals surface area (Å²) in [4.78, 5) is 5.58. The van der Waals surface area contributed by atoms with Gasteiger partial charge in [0.15, 0.2) is 11.6 Å². The highest BCUT2D eigenvalue weighted by molar-refractivity contribution is 7.11. The molecule has 0 aliphatic carbocycles. The van der Waals surface area contributed by atoms with Gasteiger partial charge in [-0.05, 0) is 45.4 Å². The summed E-state index contributed by atoms with van der Waals surface area (Å²) in [5.41, 5.74) is 1.75. The molecule has 20 heavy (non-hydrogen) atoms. The van der Waals surface area contributed by atoms with Crippen molar-refractivity contribution < 1.29 is 8.78 Å². The molecule has 0 aliphatic rings. The molecule has 0 fully saturated rings. The van der Waals surface area contributed by atoms with Crippen LogP contribution in [0.25, 0.3) is 0 Å². The van der Waals surface area contributed by atoms with Crippen LogP contribution in [0.2, 0.25) is 0 Å². The molecule has 0 bridgehead atoms. The Hall–Kier alpha value is -1.33. The molecule has 2 rings (SSSR count). The maximum atomic E-state index is 13.3. The molecule has 0 saturated heterocycles. The highest BCUT2D eigenvalue weighted by Crippen LogP contribution is 2.27. The summed E-state index contributed by atoms with van der Waals surface area (Å²) in [6.07, 6.45) is 0. The third-order valence-corrected chi connectivity index (χ3v) is 4.53. The molecule has 0 saturated carbocycles. The van der Waals surface area contributed by atoms with Gasteiger partial charge in [-0.25, -0.2) is 13.8 Å². The second-order valence-electron chi connectivity index (χ2n) is 4.97. The minimum absolute atomic E-state index is 0.0677. The van der Waals surface area contributed by atoms with Crippen LogP contribution in [0.4, 0.5) is 8.78 Å². The molecular formula is C15H18F2N2S. The molecule has 5 heteroatoms. The second kappa shape index (κ2) is 5.97. The number of nitrogens with one attached hydrogen (secondary N) is 1. The van der Waals surface area contributed by atoms with E-state index >= 15 is 0 Å². The Balaban J connectivity index is 2.12. The minimum Gasteiger partial charge on any atom is -0.303 e. The van der Waals surface area contributed by atoms with Gasteiger partial charge in [-0.2, -0.15) is 0 Å². The number of aryl methyl sites for hydroxylation is 2. The zero-order chi connectivity index (χ0) is 14.9. The summed E-state index contributed by atoms with van der Waals surface area (Å²) in [5.74, 6) is -1.63. The number of hydrogen-bond acceptors (Lipinski definition) is 3. The first-order valence-corrected chi connectivity index (χ1v) is 7.35. The first-order valence-electron chi connectivity index (χ1n) is 6.53. The van der Waals surface area contributed by atoms with Gasteiger partial charge in [-0.1, -0.05) is 6.07 Å². The molecule has 1 N–H and O–H groups in total. The van der Waals surface area contributed by atoms with E-state index in [1.54, 1.807) is 17.4 Å². The van der Waals surface area contributed by atoms with Crippen molar-refractivity contribution in [1.29, 1.82) is 0 Å². The Morgan fingerprint density at radius 3 is 2.35 bits per heavy atom. The number of aromatic nitrogens is 1. The third-order valence-electron chi connectivity index (χ3n) is 3.28. The fraction of sp³-hybridized carbons (Fsp3) is 0.400. The molecule has 1 aromatic heterocycles. The average Bonchev–Trinajstić information content (AvgIpc) is 2.71. The van der Waals surface area contributed by atoms with Crippen LogP contribution in [0, 0.1) is 25.5 Å². The smallest absolute Gasteiger partial charge is 0.159 e. The Morgan fingerprint density at radius 2 is 1.80 bits per heavy atom. The van der Waals surface area contributed by atoms with E-state index in [0.29, 0.717) is 0 Å². The second-order valence-corrected chi connectivity index (χ2v) is 6.20. The Morgan fingerprint density at radius 1 is 1.10 bits per heavy atom. The highest BCUT2D eigenvalue weighted by Gasteiger charge is 2.16. The minimum atomic E-state index is -0.817. The van der Waals surface area contributed by atoms with Crippen molar-refractivity contribution in [1.82, 2.24) is 10.3 Å². The van der Waals surface area contributed by atoms with Crippen LogP contribution in [-0.4, -0.2) is 4.98 Å². The van der Waals surface area contributed by atoms with Crippen LogP contribution in [0.5, 0.6) is 0 Å². The number of rotatable bonds is 4. The van der Waals surface area contributed by atoms with Gasteiger partial charge in [0.05, 0.1) is 10.7 Å². The van der Waals surface area contributed by atoms with Crippen molar-refractivity contribution in [2.45, 2.75) is 39.8 Å². The Bertz CT molecular complexity index is 610. The maximum Gasteiger partial charge on any atom is 0.159 e.